The molecule has 3 rings (SSSR count). The Morgan fingerprint density at radius 1 is 1.03 bits per heavy atom. The van der Waals surface area contributed by atoms with E-state index in [-0.39, 0.29) is 17.1 Å². The van der Waals surface area contributed by atoms with Crippen molar-refractivity contribution in [1.82, 2.24) is 0 Å². The number of amides is 1. The van der Waals surface area contributed by atoms with Crippen molar-refractivity contribution in [2.45, 2.75) is 78.4 Å². The number of aryl methyl sites for hydroxylation is 3. The zero-order valence-corrected chi connectivity index (χ0v) is 21.8. The van der Waals surface area contributed by atoms with Gasteiger partial charge in [0.25, 0.3) is 5.92 Å². The van der Waals surface area contributed by atoms with Crippen LogP contribution in [0.2, 0.25) is 0 Å². The zero-order valence-electron chi connectivity index (χ0n) is 21.8. The van der Waals surface area contributed by atoms with Gasteiger partial charge in [-0.05, 0) is 90.6 Å². The maximum Gasteiger partial charge on any atom is 0.394 e. The molecule has 2 aromatic rings. The Kier molecular flexibility index (Phi) is 8.44. The smallest absolute Gasteiger partial charge is 0.394 e. The number of fused-ring (bicyclic) bond motifs is 1. The number of carbonyl (C=O) groups is 1. The topological polar surface area (TPSA) is 55.6 Å². The zero-order chi connectivity index (χ0) is 27.6. The monoisotopic (exact) mass is 526 g/mol. The number of anilines is 1. The SMILES string of the molecule is Cc1cc(N2CCCc3cc(OCC(F)(F)CC(F)(F)F)ccc3C2)cc(C)c1CC(C)(C)CC(N)=O. The highest BCUT2D eigenvalue weighted by Gasteiger charge is 2.44. The van der Waals surface area contributed by atoms with Crippen LogP contribution in [0.1, 0.15) is 60.9 Å². The summed E-state index contributed by atoms with van der Waals surface area (Å²) in [7, 11) is 0. The number of nitrogens with zero attached hydrogens (tertiary/aromatic N) is 1. The van der Waals surface area contributed by atoms with E-state index in [2.05, 4.69) is 30.9 Å². The van der Waals surface area contributed by atoms with Crippen molar-refractivity contribution in [3.63, 3.8) is 0 Å². The van der Waals surface area contributed by atoms with Gasteiger partial charge >= 0.3 is 6.18 Å². The molecular formula is C28H35F5N2O2. The van der Waals surface area contributed by atoms with E-state index in [1.165, 1.54) is 11.6 Å². The van der Waals surface area contributed by atoms with E-state index in [1.54, 1.807) is 12.1 Å². The minimum atomic E-state index is -4.96. The number of benzene rings is 2. The van der Waals surface area contributed by atoms with Crippen LogP contribution in [0.25, 0.3) is 0 Å². The molecule has 0 fully saturated rings. The van der Waals surface area contributed by atoms with Gasteiger partial charge in [-0.3, -0.25) is 4.79 Å². The Bertz CT molecular complexity index is 1110. The van der Waals surface area contributed by atoms with Crippen LogP contribution in [-0.2, 0) is 24.2 Å². The van der Waals surface area contributed by atoms with Crippen molar-refractivity contribution in [2.75, 3.05) is 18.1 Å². The first-order valence-corrected chi connectivity index (χ1v) is 12.4. The quantitative estimate of drug-likeness (QED) is 0.372. The fourth-order valence-corrected chi connectivity index (χ4v) is 5.02. The summed E-state index contributed by atoms with van der Waals surface area (Å²) in [6.45, 7) is 8.29. The molecule has 2 aromatic carbocycles. The normalized spacial score (nSPS) is 14.8. The van der Waals surface area contributed by atoms with Crippen molar-refractivity contribution in [3.05, 3.63) is 58.1 Å². The first-order valence-electron chi connectivity index (χ1n) is 12.4. The molecule has 4 nitrogen and oxygen atoms in total. The molecule has 1 heterocycles. The number of primary amides is 1. The lowest BCUT2D eigenvalue weighted by Crippen LogP contribution is -2.32. The van der Waals surface area contributed by atoms with E-state index >= 15 is 0 Å². The van der Waals surface area contributed by atoms with Gasteiger partial charge in [0.15, 0.2) is 6.61 Å². The lowest BCUT2D eigenvalue weighted by Gasteiger charge is -2.28. The summed E-state index contributed by atoms with van der Waals surface area (Å²) in [5, 5.41) is 0. The van der Waals surface area contributed by atoms with Crippen LogP contribution >= 0.6 is 0 Å². The lowest BCUT2D eigenvalue weighted by molar-refractivity contribution is -0.194. The highest BCUT2D eigenvalue weighted by atomic mass is 19.4. The molecule has 0 saturated carbocycles. The molecule has 0 atom stereocenters. The van der Waals surface area contributed by atoms with Crippen LogP contribution in [0.5, 0.6) is 5.75 Å². The first-order chi connectivity index (χ1) is 17.0. The van der Waals surface area contributed by atoms with Crippen LogP contribution < -0.4 is 15.4 Å². The molecule has 0 aliphatic carbocycles. The molecule has 1 amide bonds. The van der Waals surface area contributed by atoms with Gasteiger partial charge < -0.3 is 15.4 Å². The fourth-order valence-electron chi connectivity index (χ4n) is 5.02. The maximum atomic E-state index is 13.6. The number of hydrogen-bond acceptors (Lipinski definition) is 3. The van der Waals surface area contributed by atoms with Crippen LogP contribution in [0.4, 0.5) is 27.6 Å². The van der Waals surface area contributed by atoms with E-state index in [1.807, 2.05) is 13.8 Å². The molecule has 1 aliphatic heterocycles. The van der Waals surface area contributed by atoms with Crippen LogP contribution in [0.3, 0.4) is 0 Å². The Hall–Kier alpha value is -2.84. The van der Waals surface area contributed by atoms with Gasteiger partial charge in [0.2, 0.25) is 5.91 Å². The Morgan fingerprint density at radius 3 is 2.27 bits per heavy atom. The van der Waals surface area contributed by atoms with Crippen LogP contribution in [0, 0.1) is 19.3 Å². The van der Waals surface area contributed by atoms with Gasteiger partial charge in [0.1, 0.15) is 12.2 Å². The summed E-state index contributed by atoms with van der Waals surface area (Å²) in [5.74, 6) is -4.16. The van der Waals surface area contributed by atoms with E-state index in [9.17, 15) is 26.7 Å². The second kappa shape index (κ2) is 10.9. The largest absolute Gasteiger partial charge is 0.487 e. The van der Waals surface area contributed by atoms with Crippen LogP contribution in [-0.4, -0.2) is 31.2 Å². The molecule has 9 heteroatoms. The Morgan fingerprint density at radius 2 is 1.68 bits per heavy atom. The number of rotatable bonds is 9. The number of ether oxygens (including phenoxy) is 1. The first kappa shape index (κ1) is 28.7. The molecule has 0 radical (unpaired) electrons. The Labute approximate surface area is 215 Å². The molecule has 0 saturated heterocycles. The van der Waals surface area contributed by atoms with Crippen LogP contribution in [0.15, 0.2) is 30.3 Å². The Balaban J connectivity index is 1.73. The molecule has 204 valence electrons. The average Bonchev–Trinajstić information content (AvgIpc) is 2.94. The molecular weight excluding hydrogens is 491 g/mol. The van der Waals surface area contributed by atoms with Crippen molar-refractivity contribution in [3.8, 4) is 5.75 Å². The predicted octanol–water partition coefficient (Wildman–Crippen LogP) is 6.67. The fraction of sp³-hybridized carbons (Fsp3) is 0.536. The third kappa shape index (κ3) is 8.33. The van der Waals surface area contributed by atoms with E-state index in [0.717, 1.165) is 47.3 Å². The van der Waals surface area contributed by atoms with Crippen molar-refractivity contribution in [2.24, 2.45) is 11.1 Å². The molecule has 0 aromatic heterocycles. The molecule has 2 N–H and O–H groups in total. The number of nitrogens with two attached hydrogens (primary N) is 1. The summed E-state index contributed by atoms with van der Waals surface area (Å²) in [6.07, 6.45) is -4.59. The number of halogens is 5. The maximum absolute atomic E-state index is 13.6. The molecule has 0 unspecified atom stereocenters. The highest BCUT2D eigenvalue weighted by molar-refractivity contribution is 5.74. The van der Waals surface area contributed by atoms with Gasteiger partial charge in [0, 0.05) is 25.2 Å². The third-order valence-electron chi connectivity index (χ3n) is 6.68. The minimum Gasteiger partial charge on any atom is -0.487 e. The number of carbonyl (C=O) groups excluding carboxylic acids is 1. The van der Waals surface area contributed by atoms with E-state index < -0.39 is 25.1 Å². The van der Waals surface area contributed by atoms with E-state index in [4.69, 9.17) is 10.5 Å². The molecule has 0 spiro atoms. The standard InChI is InChI=1S/C28H35F5N2O2/c1-18-10-22(11-19(2)24(18)13-26(3,4)14-25(34)36)35-9-5-6-20-12-23(8-7-21(20)15-35)37-17-27(29,30)16-28(31,32)33/h7-8,10-12H,5-6,9,13-17H2,1-4H3,(H2,34,36). The van der Waals surface area contributed by atoms with Crippen molar-refractivity contribution in [1.29, 1.82) is 0 Å². The molecule has 1 aliphatic rings. The summed E-state index contributed by atoms with van der Waals surface area (Å²) < 4.78 is 69.4. The number of hydrogen-bond donors (Lipinski definition) is 1. The van der Waals surface area contributed by atoms with E-state index in [0.29, 0.717) is 19.4 Å². The minimum absolute atomic E-state index is 0.142. The summed E-state index contributed by atoms with van der Waals surface area (Å²) >= 11 is 0. The van der Waals surface area contributed by atoms with Gasteiger partial charge in [-0.1, -0.05) is 19.9 Å². The van der Waals surface area contributed by atoms with Crippen molar-refractivity contribution >= 4 is 11.6 Å². The van der Waals surface area contributed by atoms with Gasteiger partial charge in [-0.2, -0.15) is 13.2 Å². The second-order valence-corrected chi connectivity index (χ2v) is 10.9. The van der Waals surface area contributed by atoms with Gasteiger partial charge in [-0.15, -0.1) is 0 Å². The van der Waals surface area contributed by atoms with Gasteiger partial charge in [-0.25, -0.2) is 8.78 Å². The number of alkyl halides is 5. The second-order valence-electron chi connectivity index (χ2n) is 10.9. The molecule has 0 bridgehead atoms. The summed E-state index contributed by atoms with van der Waals surface area (Å²) in [6, 6.07) is 9.28. The predicted molar refractivity (Wildman–Crippen MR) is 134 cm³/mol. The average molecular weight is 527 g/mol. The summed E-state index contributed by atoms with van der Waals surface area (Å²) in [5.41, 5.74) is 11.7. The summed E-state index contributed by atoms with van der Waals surface area (Å²) in [4.78, 5) is 13.7. The van der Waals surface area contributed by atoms with Crippen molar-refractivity contribution < 1.29 is 31.5 Å². The highest BCUT2D eigenvalue weighted by Crippen LogP contribution is 2.35. The van der Waals surface area contributed by atoms with Gasteiger partial charge in [0.05, 0.1) is 0 Å². The molecule has 37 heavy (non-hydrogen) atoms. The lowest BCUT2D eigenvalue weighted by atomic mass is 9.80. The third-order valence-corrected chi connectivity index (χ3v) is 6.68.